The Hall–Kier alpha value is -1.83. The molecule has 0 fully saturated rings. The maximum atomic E-state index is 13.3. The summed E-state index contributed by atoms with van der Waals surface area (Å²) in [5.41, 5.74) is 11.1. The lowest BCUT2D eigenvalue weighted by Gasteiger charge is -2.08. The van der Waals surface area contributed by atoms with Gasteiger partial charge in [0.05, 0.1) is 0 Å². The Morgan fingerprint density at radius 3 is 2.65 bits per heavy atom. The minimum absolute atomic E-state index is 0.241. The fourth-order valence-corrected chi connectivity index (χ4v) is 2.52. The third-order valence-corrected chi connectivity index (χ3v) is 3.42. The van der Waals surface area contributed by atoms with E-state index in [2.05, 4.69) is 12.1 Å². The second kappa shape index (κ2) is 3.88. The molecule has 2 heteroatoms. The van der Waals surface area contributed by atoms with Crippen molar-refractivity contribution >= 4 is 5.69 Å². The monoisotopic (exact) mass is 227 g/mol. The Kier molecular flexibility index (Phi) is 2.36. The van der Waals surface area contributed by atoms with Crippen molar-refractivity contribution in [3.05, 3.63) is 53.3 Å². The van der Waals surface area contributed by atoms with E-state index in [1.807, 2.05) is 6.07 Å². The number of nitrogen functional groups attached to an aromatic ring is 1. The predicted molar refractivity (Wildman–Crippen MR) is 68.3 cm³/mol. The fourth-order valence-electron chi connectivity index (χ4n) is 2.52. The van der Waals surface area contributed by atoms with Gasteiger partial charge in [0.1, 0.15) is 5.82 Å². The quantitative estimate of drug-likeness (QED) is 0.740. The number of aryl methyl sites for hydroxylation is 2. The van der Waals surface area contributed by atoms with Crippen LogP contribution in [0.1, 0.15) is 17.5 Å². The SMILES string of the molecule is Nc1ccc(F)cc1-c1ccc2c(c1)CCC2. The van der Waals surface area contributed by atoms with Crippen LogP contribution in [0.25, 0.3) is 11.1 Å². The van der Waals surface area contributed by atoms with Gasteiger partial charge in [-0.15, -0.1) is 0 Å². The highest BCUT2D eigenvalue weighted by atomic mass is 19.1. The molecule has 0 unspecified atom stereocenters. The average Bonchev–Trinajstić information content (AvgIpc) is 2.79. The van der Waals surface area contributed by atoms with Crippen molar-refractivity contribution in [2.45, 2.75) is 19.3 Å². The van der Waals surface area contributed by atoms with Crippen LogP contribution in [0.5, 0.6) is 0 Å². The van der Waals surface area contributed by atoms with Crippen LogP contribution in [-0.4, -0.2) is 0 Å². The molecule has 1 aliphatic carbocycles. The summed E-state index contributed by atoms with van der Waals surface area (Å²) in [6.07, 6.45) is 3.50. The van der Waals surface area contributed by atoms with Crippen molar-refractivity contribution in [3.63, 3.8) is 0 Å². The standard InChI is InChI=1S/C15H14FN/c16-13-6-7-15(17)14(9-13)12-5-4-10-2-1-3-11(10)8-12/h4-9H,1-3,17H2. The Labute approximate surface area is 100 Å². The van der Waals surface area contributed by atoms with Crippen molar-refractivity contribution in [2.24, 2.45) is 0 Å². The Balaban J connectivity index is 2.12. The molecule has 86 valence electrons. The topological polar surface area (TPSA) is 26.0 Å². The summed E-state index contributed by atoms with van der Waals surface area (Å²) in [6, 6.07) is 10.8. The summed E-state index contributed by atoms with van der Waals surface area (Å²) in [7, 11) is 0. The zero-order valence-corrected chi connectivity index (χ0v) is 9.54. The Morgan fingerprint density at radius 1 is 0.941 bits per heavy atom. The van der Waals surface area contributed by atoms with Crippen molar-refractivity contribution in [2.75, 3.05) is 5.73 Å². The summed E-state index contributed by atoms with van der Waals surface area (Å²) < 4.78 is 13.3. The molecule has 0 atom stereocenters. The highest BCUT2D eigenvalue weighted by Crippen LogP contribution is 2.31. The summed E-state index contributed by atoms with van der Waals surface area (Å²) in [4.78, 5) is 0. The molecule has 1 nitrogen and oxygen atoms in total. The highest BCUT2D eigenvalue weighted by Gasteiger charge is 2.12. The number of halogens is 1. The molecular weight excluding hydrogens is 213 g/mol. The number of hydrogen-bond acceptors (Lipinski definition) is 1. The van der Waals surface area contributed by atoms with Gasteiger partial charge in [-0.25, -0.2) is 4.39 Å². The molecule has 0 amide bonds. The number of fused-ring (bicyclic) bond motifs is 1. The molecule has 0 heterocycles. The smallest absolute Gasteiger partial charge is 0.123 e. The van der Waals surface area contributed by atoms with Gasteiger partial charge in [0, 0.05) is 11.3 Å². The van der Waals surface area contributed by atoms with E-state index in [4.69, 9.17) is 5.73 Å². The van der Waals surface area contributed by atoms with E-state index >= 15 is 0 Å². The molecule has 2 aromatic carbocycles. The molecular formula is C15H14FN. The van der Waals surface area contributed by atoms with Gasteiger partial charge in [0.25, 0.3) is 0 Å². The Morgan fingerprint density at radius 2 is 1.76 bits per heavy atom. The number of benzene rings is 2. The zero-order chi connectivity index (χ0) is 11.8. The highest BCUT2D eigenvalue weighted by molar-refractivity contribution is 5.77. The van der Waals surface area contributed by atoms with Crippen molar-refractivity contribution in [1.29, 1.82) is 0 Å². The summed E-state index contributed by atoms with van der Waals surface area (Å²) >= 11 is 0. The molecule has 2 aromatic rings. The Bertz CT molecular complexity index is 575. The van der Waals surface area contributed by atoms with Gasteiger partial charge in [0.2, 0.25) is 0 Å². The second-order valence-corrected chi connectivity index (χ2v) is 4.57. The predicted octanol–water partition coefficient (Wildman–Crippen LogP) is 3.56. The van der Waals surface area contributed by atoms with Crippen molar-refractivity contribution in [1.82, 2.24) is 0 Å². The molecule has 17 heavy (non-hydrogen) atoms. The molecule has 3 rings (SSSR count). The van der Waals surface area contributed by atoms with E-state index in [9.17, 15) is 4.39 Å². The average molecular weight is 227 g/mol. The molecule has 0 radical (unpaired) electrons. The van der Waals surface area contributed by atoms with Crippen LogP contribution in [-0.2, 0) is 12.8 Å². The molecule has 2 N–H and O–H groups in total. The van der Waals surface area contributed by atoms with Gasteiger partial charge in [-0.2, -0.15) is 0 Å². The van der Waals surface area contributed by atoms with Crippen LogP contribution in [0.2, 0.25) is 0 Å². The lowest BCUT2D eigenvalue weighted by molar-refractivity contribution is 0.628. The van der Waals surface area contributed by atoms with Gasteiger partial charge in [0.15, 0.2) is 0 Å². The first-order valence-corrected chi connectivity index (χ1v) is 5.91. The maximum absolute atomic E-state index is 13.3. The van der Waals surface area contributed by atoms with E-state index in [0.717, 1.165) is 24.0 Å². The molecule has 0 aliphatic heterocycles. The van der Waals surface area contributed by atoms with Gasteiger partial charge in [-0.05, 0) is 54.2 Å². The van der Waals surface area contributed by atoms with E-state index in [-0.39, 0.29) is 5.82 Å². The first-order chi connectivity index (χ1) is 8.24. The molecule has 0 bridgehead atoms. The molecule has 1 aliphatic rings. The van der Waals surface area contributed by atoms with Gasteiger partial charge < -0.3 is 5.73 Å². The number of anilines is 1. The van der Waals surface area contributed by atoms with Gasteiger partial charge >= 0.3 is 0 Å². The van der Waals surface area contributed by atoms with Crippen LogP contribution < -0.4 is 5.73 Å². The fraction of sp³-hybridized carbons (Fsp3) is 0.200. The van der Waals surface area contributed by atoms with E-state index in [1.54, 1.807) is 6.07 Å². The third kappa shape index (κ3) is 1.80. The maximum Gasteiger partial charge on any atom is 0.123 e. The number of hydrogen-bond donors (Lipinski definition) is 1. The first kappa shape index (κ1) is 10.3. The normalized spacial score (nSPS) is 13.7. The third-order valence-electron chi connectivity index (χ3n) is 3.42. The van der Waals surface area contributed by atoms with Gasteiger partial charge in [-0.3, -0.25) is 0 Å². The number of nitrogens with two attached hydrogens (primary N) is 1. The van der Waals surface area contributed by atoms with Crippen molar-refractivity contribution in [3.8, 4) is 11.1 Å². The lowest BCUT2D eigenvalue weighted by atomic mass is 9.99. The first-order valence-electron chi connectivity index (χ1n) is 5.91. The van der Waals surface area contributed by atoms with Gasteiger partial charge in [-0.1, -0.05) is 18.2 Å². The van der Waals surface area contributed by atoms with E-state index in [1.165, 1.54) is 29.7 Å². The summed E-state index contributed by atoms with van der Waals surface area (Å²) in [5.74, 6) is -0.241. The van der Waals surface area contributed by atoms with E-state index < -0.39 is 0 Å². The van der Waals surface area contributed by atoms with Crippen LogP contribution >= 0.6 is 0 Å². The largest absolute Gasteiger partial charge is 0.398 e. The minimum Gasteiger partial charge on any atom is -0.398 e. The molecule has 0 saturated heterocycles. The molecule has 0 saturated carbocycles. The van der Waals surface area contributed by atoms with Crippen LogP contribution in [0, 0.1) is 5.82 Å². The zero-order valence-electron chi connectivity index (χ0n) is 9.54. The number of rotatable bonds is 1. The minimum atomic E-state index is -0.241. The lowest BCUT2D eigenvalue weighted by Crippen LogP contribution is -1.92. The van der Waals surface area contributed by atoms with Crippen LogP contribution in [0.3, 0.4) is 0 Å². The van der Waals surface area contributed by atoms with E-state index in [0.29, 0.717) is 5.69 Å². The van der Waals surface area contributed by atoms with Crippen molar-refractivity contribution < 1.29 is 4.39 Å². The summed E-state index contributed by atoms with van der Waals surface area (Å²) in [5, 5.41) is 0. The summed E-state index contributed by atoms with van der Waals surface area (Å²) in [6.45, 7) is 0. The second-order valence-electron chi connectivity index (χ2n) is 4.57. The molecule has 0 aromatic heterocycles. The van der Waals surface area contributed by atoms with Crippen LogP contribution in [0.15, 0.2) is 36.4 Å². The molecule has 0 spiro atoms. The van der Waals surface area contributed by atoms with Crippen LogP contribution in [0.4, 0.5) is 10.1 Å².